The quantitative estimate of drug-likeness (QED) is 0.786. The fourth-order valence-electron chi connectivity index (χ4n) is 1.97. The minimum atomic E-state index is -3.52. The summed E-state index contributed by atoms with van der Waals surface area (Å²) in [6, 6.07) is -0.0313. The number of hydrogen-bond acceptors (Lipinski definition) is 5. The van der Waals surface area contributed by atoms with Crippen LogP contribution in [-0.4, -0.2) is 42.5 Å². The lowest BCUT2D eigenvalue weighted by Crippen LogP contribution is -2.48. The van der Waals surface area contributed by atoms with Crippen LogP contribution in [0.1, 0.15) is 13.3 Å². The van der Waals surface area contributed by atoms with Gasteiger partial charge in [-0.2, -0.15) is 0 Å². The Labute approximate surface area is 113 Å². The van der Waals surface area contributed by atoms with E-state index in [2.05, 4.69) is 20.4 Å². The Morgan fingerprint density at radius 3 is 2.83 bits per heavy atom. The van der Waals surface area contributed by atoms with Crippen LogP contribution in [0, 0.1) is 5.92 Å². The third-order valence-corrected chi connectivity index (χ3v) is 4.57. The Kier molecular flexibility index (Phi) is 5.09. The molecule has 1 aliphatic rings. The molecule has 2 rings (SSSR count). The van der Waals surface area contributed by atoms with Gasteiger partial charge in [0.2, 0.25) is 0 Å². The predicted octanol–water partition coefficient (Wildman–Crippen LogP) is -0.487. The van der Waals surface area contributed by atoms with E-state index in [0.717, 1.165) is 19.5 Å². The number of piperidine rings is 1. The standard InChI is InChI=1S/C9H17N5O2S.ClH/c1-7-5-10-4-3-8(7)12-17(15,16)9-6-11-13-14(9)2;/h6-8,10,12H,3-5H2,1-2H3;1H. The van der Waals surface area contributed by atoms with E-state index < -0.39 is 10.0 Å². The first-order valence-corrected chi connectivity index (χ1v) is 7.07. The zero-order valence-corrected chi connectivity index (χ0v) is 12.0. The van der Waals surface area contributed by atoms with E-state index in [-0.39, 0.29) is 29.4 Å². The number of aromatic nitrogens is 3. The molecule has 0 saturated carbocycles. The fourth-order valence-corrected chi connectivity index (χ4v) is 3.41. The highest BCUT2D eigenvalue weighted by atomic mass is 35.5. The average molecular weight is 296 g/mol. The minimum absolute atomic E-state index is 0. The van der Waals surface area contributed by atoms with Gasteiger partial charge in [-0.05, 0) is 25.4 Å². The predicted molar refractivity (Wildman–Crippen MR) is 69.0 cm³/mol. The Morgan fingerprint density at radius 2 is 2.28 bits per heavy atom. The third-order valence-electron chi connectivity index (χ3n) is 3.04. The summed E-state index contributed by atoms with van der Waals surface area (Å²) in [6.45, 7) is 3.69. The van der Waals surface area contributed by atoms with Gasteiger partial charge in [-0.25, -0.2) is 17.8 Å². The lowest BCUT2D eigenvalue weighted by atomic mass is 9.97. The molecule has 1 aliphatic heterocycles. The largest absolute Gasteiger partial charge is 0.316 e. The second-order valence-corrected chi connectivity index (χ2v) is 6.05. The third kappa shape index (κ3) is 3.19. The van der Waals surface area contributed by atoms with Gasteiger partial charge in [0.05, 0.1) is 6.20 Å². The Bertz CT molecular complexity index is 489. The zero-order chi connectivity index (χ0) is 12.5. The first-order valence-electron chi connectivity index (χ1n) is 5.58. The highest BCUT2D eigenvalue weighted by Gasteiger charge is 2.28. The number of nitrogens with one attached hydrogen (secondary N) is 2. The highest BCUT2D eigenvalue weighted by molar-refractivity contribution is 7.89. The second-order valence-electron chi connectivity index (χ2n) is 4.39. The Morgan fingerprint density at radius 1 is 1.56 bits per heavy atom. The Hall–Kier alpha value is -0.700. The van der Waals surface area contributed by atoms with Gasteiger partial charge in [-0.3, -0.25) is 0 Å². The molecule has 2 atom stereocenters. The van der Waals surface area contributed by atoms with Crippen LogP contribution in [0.25, 0.3) is 0 Å². The molecule has 9 heteroatoms. The van der Waals surface area contributed by atoms with Crippen LogP contribution in [-0.2, 0) is 17.1 Å². The summed E-state index contributed by atoms with van der Waals surface area (Å²) in [5.74, 6) is 0.278. The molecule has 1 saturated heterocycles. The summed E-state index contributed by atoms with van der Waals surface area (Å²) in [7, 11) is -1.96. The first kappa shape index (κ1) is 15.4. The molecule has 2 unspecified atom stereocenters. The van der Waals surface area contributed by atoms with E-state index in [1.165, 1.54) is 10.9 Å². The van der Waals surface area contributed by atoms with E-state index in [4.69, 9.17) is 0 Å². The molecule has 1 fully saturated rings. The minimum Gasteiger partial charge on any atom is -0.316 e. The highest BCUT2D eigenvalue weighted by Crippen LogP contribution is 2.14. The molecule has 2 N–H and O–H groups in total. The van der Waals surface area contributed by atoms with Gasteiger partial charge in [0.25, 0.3) is 10.0 Å². The number of sulfonamides is 1. The van der Waals surface area contributed by atoms with Gasteiger partial charge in [-0.15, -0.1) is 17.5 Å². The van der Waals surface area contributed by atoms with Crippen molar-refractivity contribution < 1.29 is 8.42 Å². The lowest BCUT2D eigenvalue weighted by Gasteiger charge is -2.29. The summed E-state index contributed by atoms with van der Waals surface area (Å²) in [4.78, 5) is 0. The van der Waals surface area contributed by atoms with E-state index in [1.54, 1.807) is 7.05 Å². The van der Waals surface area contributed by atoms with Gasteiger partial charge in [0, 0.05) is 13.1 Å². The molecule has 0 bridgehead atoms. The molecule has 1 aromatic rings. The maximum absolute atomic E-state index is 12.1. The summed E-state index contributed by atoms with van der Waals surface area (Å²) in [5, 5.41) is 10.5. The van der Waals surface area contributed by atoms with Crippen LogP contribution in [0.2, 0.25) is 0 Å². The topological polar surface area (TPSA) is 88.9 Å². The molecular weight excluding hydrogens is 278 g/mol. The maximum atomic E-state index is 12.1. The van der Waals surface area contributed by atoms with Crippen molar-refractivity contribution in [3.05, 3.63) is 6.20 Å². The summed E-state index contributed by atoms with van der Waals surface area (Å²) in [6.07, 6.45) is 2.06. The molecule has 0 aromatic carbocycles. The van der Waals surface area contributed by atoms with Crippen molar-refractivity contribution in [1.29, 1.82) is 0 Å². The smallest absolute Gasteiger partial charge is 0.259 e. The van der Waals surface area contributed by atoms with Gasteiger partial charge in [0.15, 0.2) is 5.03 Å². The van der Waals surface area contributed by atoms with E-state index in [1.807, 2.05) is 6.92 Å². The van der Waals surface area contributed by atoms with Crippen molar-refractivity contribution in [2.75, 3.05) is 13.1 Å². The summed E-state index contributed by atoms with van der Waals surface area (Å²) < 4.78 is 28.2. The lowest BCUT2D eigenvalue weighted by molar-refractivity contribution is 0.327. The van der Waals surface area contributed by atoms with E-state index in [9.17, 15) is 8.42 Å². The van der Waals surface area contributed by atoms with Crippen molar-refractivity contribution in [2.24, 2.45) is 13.0 Å². The second kappa shape index (κ2) is 5.96. The SMILES string of the molecule is CC1CNCCC1NS(=O)(=O)c1cnnn1C.Cl. The van der Waals surface area contributed by atoms with Crippen molar-refractivity contribution in [1.82, 2.24) is 25.0 Å². The number of hydrogen-bond donors (Lipinski definition) is 2. The molecule has 2 heterocycles. The van der Waals surface area contributed by atoms with Crippen LogP contribution in [0.5, 0.6) is 0 Å². The average Bonchev–Trinajstić information content (AvgIpc) is 2.68. The van der Waals surface area contributed by atoms with Crippen molar-refractivity contribution in [3.8, 4) is 0 Å². The number of halogens is 1. The van der Waals surface area contributed by atoms with Gasteiger partial charge in [0.1, 0.15) is 0 Å². The van der Waals surface area contributed by atoms with Crippen LogP contribution in [0.3, 0.4) is 0 Å². The molecule has 0 amide bonds. The van der Waals surface area contributed by atoms with Gasteiger partial charge < -0.3 is 5.32 Å². The van der Waals surface area contributed by atoms with Gasteiger partial charge >= 0.3 is 0 Å². The molecule has 0 spiro atoms. The molecular formula is C9H18ClN5O2S. The van der Waals surface area contributed by atoms with Crippen molar-refractivity contribution >= 4 is 22.4 Å². The monoisotopic (exact) mass is 295 g/mol. The van der Waals surface area contributed by atoms with Gasteiger partial charge in [-0.1, -0.05) is 12.1 Å². The first-order chi connectivity index (χ1) is 8.00. The van der Waals surface area contributed by atoms with Crippen LogP contribution >= 0.6 is 12.4 Å². The van der Waals surface area contributed by atoms with E-state index >= 15 is 0 Å². The summed E-state index contributed by atoms with van der Waals surface area (Å²) in [5.41, 5.74) is 0. The fraction of sp³-hybridized carbons (Fsp3) is 0.778. The summed E-state index contributed by atoms with van der Waals surface area (Å²) >= 11 is 0. The van der Waals surface area contributed by atoms with Crippen LogP contribution in [0.4, 0.5) is 0 Å². The van der Waals surface area contributed by atoms with Crippen LogP contribution < -0.4 is 10.0 Å². The molecule has 7 nitrogen and oxygen atoms in total. The number of rotatable bonds is 3. The molecule has 0 aliphatic carbocycles. The Balaban J connectivity index is 0.00000162. The molecule has 104 valence electrons. The number of nitrogens with zero attached hydrogens (tertiary/aromatic N) is 3. The molecule has 18 heavy (non-hydrogen) atoms. The normalized spacial score (nSPS) is 24.6. The maximum Gasteiger partial charge on any atom is 0.259 e. The zero-order valence-electron chi connectivity index (χ0n) is 10.3. The van der Waals surface area contributed by atoms with Crippen molar-refractivity contribution in [2.45, 2.75) is 24.4 Å². The molecule has 0 radical (unpaired) electrons. The van der Waals surface area contributed by atoms with E-state index in [0.29, 0.717) is 0 Å². The van der Waals surface area contributed by atoms with Crippen molar-refractivity contribution in [3.63, 3.8) is 0 Å². The molecule has 1 aromatic heterocycles. The van der Waals surface area contributed by atoms with Crippen LogP contribution in [0.15, 0.2) is 11.2 Å². The number of aryl methyl sites for hydroxylation is 1.